The van der Waals surface area contributed by atoms with E-state index in [1.54, 1.807) is 57.2 Å². The van der Waals surface area contributed by atoms with Gasteiger partial charge in [-0.2, -0.15) is 0 Å². The maximum Gasteiger partial charge on any atom is 0.405 e. The average Bonchev–Trinajstić information content (AvgIpc) is 0.748. The zero-order chi connectivity index (χ0) is 87.3. The lowest BCUT2D eigenvalue weighted by atomic mass is 9.85. The Bertz CT molecular complexity index is 4420. The molecule has 0 aromatic heterocycles. The molecule has 2 saturated heterocycles. The first-order chi connectivity index (χ1) is 58.5. The van der Waals surface area contributed by atoms with Crippen LogP contribution in [0, 0.1) is 11.8 Å². The first-order valence-corrected chi connectivity index (χ1v) is 46.9. The molecule has 2 fully saturated rings. The van der Waals surface area contributed by atoms with Crippen molar-refractivity contribution in [1.82, 2.24) is 47.0 Å². The van der Waals surface area contributed by atoms with E-state index in [9.17, 15) is 38.7 Å². The van der Waals surface area contributed by atoms with Crippen molar-refractivity contribution >= 4 is 90.6 Å². The molecule has 26 nitrogen and oxygen atoms in total. The summed E-state index contributed by atoms with van der Waals surface area (Å²) in [5.41, 5.74) is 6.72. The molecular formula is C94H126N12O14Si2. The van der Waals surface area contributed by atoms with Crippen LogP contribution < -0.4 is 68.4 Å². The normalized spacial score (nSPS) is 23.8. The monoisotopic (exact) mass is 1700 g/mol. The number of Topliss-reactive ketones (excluding diaryl/α,β-unsaturated/α-hetero) is 1. The standard InChI is InChI=1S/C94H126N12O14Si2/c1-62-50-77-83(79(107)56-78(85(77)110)104-87(111)63(2)30-29-39-80(115-11)86(120-90(95)114)65(4)52-64(3)84(109)81(51-62)116-12)97-45-28-14-13-27-44-96-82(108)61-117-72-54-66(88(112)98-57-68-40-46-105-48-42-70(102-91(105)100-68)59-118-121(93(5,6)7,73-31-19-15-20-32-73)74-33-21-16-22-34-74)53-67(55-72)89(113)99-58-69-41-47-106-49-43-71(103-92(106)101-69)60-119-122(94(8,9)10,75-35-23-17-24-36-75)76-37-25-18-26-38-76/h15-26,29-39,52-56,62,64,68-71,80-81,84,86,97,109H,13-14,27-28,40-51,57-61H2,1-12H3,(H2,95,114)(H,96,108)(H,98,112)(H,99,113)(H,100,102)(H,101,103)(H,104,111)/b39-29-,63-30+,65-52+/t62-,64+,68-,69-,70-,71-,80+,81+,84-,86+/m1/s1. The van der Waals surface area contributed by atoms with E-state index in [0.717, 1.165) is 69.9 Å². The number of aliphatic hydroxyl groups is 1. The van der Waals surface area contributed by atoms with Gasteiger partial charge in [0.25, 0.3) is 40.3 Å². The predicted octanol–water partition coefficient (Wildman–Crippen LogP) is 8.30. The number of ether oxygens (including phenoxy) is 4. The van der Waals surface area contributed by atoms with Crippen molar-refractivity contribution in [2.24, 2.45) is 27.6 Å². The third-order valence-corrected chi connectivity index (χ3v) is 34.0. The van der Waals surface area contributed by atoms with E-state index in [-0.39, 0.29) is 106 Å². The highest BCUT2D eigenvalue weighted by molar-refractivity contribution is 7.00. The van der Waals surface area contributed by atoms with E-state index in [2.05, 4.69) is 186 Å². The predicted molar refractivity (Wildman–Crippen MR) is 481 cm³/mol. The molecule has 5 heterocycles. The summed E-state index contributed by atoms with van der Waals surface area (Å²) in [5, 5.41) is 38.5. The van der Waals surface area contributed by atoms with Crippen molar-refractivity contribution in [1.29, 1.82) is 0 Å². The number of unbranched alkanes of at least 4 members (excludes halogenated alkanes) is 3. The molecule has 0 saturated carbocycles. The number of aliphatic hydroxyl groups excluding tert-OH is 1. The molecule has 122 heavy (non-hydrogen) atoms. The molecule has 1 aliphatic carbocycles. The topological polar surface area (TPSA) is 337 Å². The van der Waals surface area contributed by atoms with E-state index in [1.165, 1.54) is 41.0 Å². The summed E-state index contributed by atoms with van der Waals surface area (Å²) in [7, 11) is -2.73. The fourth-order valence-corrected chi connectivity index (χ4v) is 26.6. The third-order valence-electron chi connectivity index (χ3n) is 24.0. The minimum Gasteiger partial charge on any atom is -0.484 e. The van der Waals surface area contributed by atoms with E-state index >= 15 is 0 Å². The number of allylic oxidation sites excluding steroid dienone is 4. The van der Waals surface area contributed by atoms with Gasteiger partial charge in [0.2, 0.25) is 11.6 Å². The van der Waals surface area contributed by atoms with E-state index in [0.29, 0.717) is 57.6 Å². The maximum atomic E-state index is 14.5. The third kappa shape index (κ3) is 23.3. The van der Waals surface area contributed by atoms with Crippen molar-refractivity contribution in [3.8, 4) is 5.75 Å². The number of primary amides is 1. The fourth-order valence-electron chi connectivity index (χ4n) is 17.4. The number of carbonyl (C=O) groups is 7. The van der Waals surface area contributed by atoms with E-state index in [4.69, 9.17) is 43.5 Å². The van der Waals surface area contributed by atoms with Gasteiger partial charge >= 0.3 is 6.09 Å². The van der Waals surface area contributed by atoms with Gasteiger partial charge < -0.3 is 85.7 Å². The summed E-state index contributed by atoms with van der Waals surface area (Å²) >= 11 is 0. The number of amides is 5. The van der Waals surface area contributed by atoms with Gasteiger partial charge in [0.1, 0.15) is 11.9 Å². The second-order valence-electron chi connectivity index (χ2n) is 35.0. The van der Waals surface area contributed by atoms with Gasteiger partial charge in [0.15, 0.2) is 24.6 Å². The molecule has 0 radical (unpaired) electrons. The highest BCUT2D eigenvalue weighted by atomic mass is 28.4. The number of ketones is 2. The van der Waals surface area contributed by atoms with Crippen LogP contribution in [0.1, 0.15) is 154 Å². The van der Waals surface area contributed by atoms with Crippen LogP contribution in [-0.2, 0) is 42.2 Å². The number of rotatable bonds is 30. The summed E-state index contributed by atoms with van der Waals surface area (Å²) in [6.07, 6.45) is 9.06. The quantitative estimate of drug-likeness (QED) is 0.00903. The number of nitrogens with one attached hydrogen (secondary N) is 7. The zero-order valence-electron chi connectivity index (χ0n) is 72.9. The van der Waals surface area contributed by atoms with Gasteiger partial charge in [-0.15, -0.1) is 0 Å². The number of guanidine groups is 2. The van der Waals surface area contributed by atoms with Gasteiger partial charge in [-0.1, -0.05) is 214 Å². The molecule has 5 aliphatic heterocycles. The second kappa shape index (κ2) is 42.6. The summed E-state index contributed by atoms with van der Waals surface area (Å²) in [5.74, 6) is -2.01. The van der Waals surface area contributed by atoms with Crippen molar-refractivity contribution in [3.63, 3.8) is 0 Å². The van der Waals surface area contributed by atoms with Crippen LogP contribution in [0.3, 0.4) is 0 Å². The molecule has 0 unspecified atom stereocenters. The Morgan fingerprint density at radius 1 is 0.631 bits per heavy atom. The molecule has 11 rings (SSSR count). The molecule has 0 spiro atoms. The average molecular weight is 1700 g/mol. The minimum atomic E-state index is -2.82. The molecule has 2 bridgehead atoms. The largest absolute Gasteiger partial charge is 0.484 e. The van der Waals surface area contributed by atoms with Gasteiger partial charge in [0.05, 0.1) is 48.9 Å². The molecule has 5 aromatic rings. The number of hydrogen-bond donors (Lipinski definition) is 9. The molecular weight excluding hydrogens is 1580 g/mol. The number of benzene rings is 5. The smallest absolute Gasteiger partial charge is 0.405 e. The van der Waals surface area contributed by atoms with E-state index < -0.39 is 94.9 Å². The van der Waals surface area contributed by atoms with Crippen LogP contribution >= 0.6 is 0 Å². The lowest BCUT2D eigenvalue weighted by Gasteiger charge is -2.44. The first-order valence-electron chi connectivity index (χ1n) is 43.1. The summed E-state index contributed by atoms with van der Waals surface area (Å²) in [4.78, 5) is 112. The SMILES string of the molecule is CO[C@H]1/C=C\C=C(/C)C(=O)NC2=CC(=O)C(NCCCCCCNC(=O)COc3cc(C(=O)NC[C@H]4CCN5CC[C@H](CO[Si](c6ccccc6)(c6ccccc6)C(C)(C)C)N=C5N4)cc(C(=O)NC[C@H]4CCN5CC[C@H](CO[Si](c6ccccc6)(c6ccccc6)C(C)(C)C)N=C5N4)c3)=C(C[C@@H](C)C[C@H](OC)[C@H](O)[C@@H](C)/C=C(\C)[C@@H]1OC(N)=O)C2=O. The van der Waals surface area contributed by atoms with Crippen LogP contribution in [0.25, 0.3) is 0 Å². The fraction of sp³-hybridized carbons (Fsp3) is 0.479. The van der Waals surface area contributed by atoms with Gasteiger partial charge in [0, 0.05) is 113 Å². The van der Waals surface area contributed by atoms with Crippen LogP contribution in [0.2, 0.25) is 10.1 Å². The van der Waals surface area contributed by atoms with Crippen molar-refractivity contribution in [2.75, 3.05) is 86.4 Å². The van der Waals surface area contributed by atoms with Gasteiger partial charge in [-0.05, 0) is 126 Å². The Morgan fingerprint density at radius 2 is 1.11 bits per heavy atom. The lowest BCUT2D eigenvalue weighted by molar-refractivity contribution is -0.123. The number of hydrogen-bond acceptors (Lipinski definition) is 21. The summed E-state index contributed by atoms with van der Waals surface area (Å²) in [6.45, 7) is 25.4. The number of aliphatic imine (C=N–C) groups is 2. The van der Waals surface area contributed by atoms with Crippen molar-refractivity contribution in [3.05, 3.63) is 209 Å². The Balaban J connectivity index is 0.720. The number of carbonyl (C=O) groups excluding carboxylic acids is 7. The lowest BCUT2D eigenvalue weighted by Crippen LogP contribution is -2.67. The Labute approximate surface area is 721 Å². The van der Waals surface area contributed by atoms with E-state index in [1.807, 2.05) is 31.2 Å². The Morgan fingerprint density at radius 3 is 1.58 bits per heavy atom. The molecule has 10 atom stereocenters. The van der Waals surface area contributed by atoms with Crippen molar-refractivity contribution in [2.45, 2.75) is 192 Å². The highest BCUT2D eigenvalue weighted by Crippen LogP contribution is 2.40. The molecule has 10 N–H and O–H groups in total. The second-order valence-corrected chi connectivity index (χ2v) is 43.7. The van der Waals surface area contributed by atoms with Crippen LogP contribution in [-0.4, -0.2) is 220 Å². The Kier molecular flexibility index (Phi) is 32.3. The van der Waals surface area contributed by atoms with Crippen LogP contribution in [0.15, 0.2) is 208 Å². The Hall–Kier alpha value is -10.3. The van der Waals surface area contributed by atoms with Gasteiger partial charge in [-0.3, -0.25) is 28.8 Å². The molecule has 5 aromatic carbocycles. The minimum absolute atomic E-state index is 0.0965. The number of methoxy groups -OCH3 is 2. The molecule has 5 amide bonds. The summed E-state index contributed by atoms with van der Waals surface area (Å²) in [6, 6.07) is 46.6. The van der Waals surface area contributed by atoms with Gasteiger partial charge in [-0.25, -0.2) is 14.8 Å². The highest BCUT2D eigenvalue weighted by Gasteiger charge is 2.52. The zero-order valence-corrected chi connectivity index (χ0v) is 74.9. The van der Waals surface area contributed by atoms with Crippen LogP contribution in [0.4, 0.5) is 4.79 Å². The number of nitrogens with zero attached hydrogens (tertiary/aromatic N) is 4. The molecule has 28 heteroatoms. The van der Waals surface area contributed by atoms with Crippen LogP contribution in [0.5, 0.6) is 5.75 Å². The number of fused-ring (bicyclic) bond motifs is 4. The molecule has 6 aliphatic rings. The summed E-state index contributed by atoms with van der Waals surface area (Å²) < 4.78 is 37.8. The first kappa shape index (κ1) is 92.4. The van der Waals surface area contributed by atoms with Crippen molar-refractivity contribution < 1.29 is 66.5 Å². The number of nitrogens with two attached hydrogens (primary N) is 1. The molecule has 654 valence electrons. The maximum absolute atomic E-state index is 14.5.